The quantitative estimate of drug-likeness (QED) is 0.549. The smallest absolute Gasteiger partial charge is 0.255 e. The molecule has 0 aliphatic rings. The fourth-order valence-corrected chi connectivity index (χ4v) is 1.44. The summed E-state index contributed by atoms with van der Waals surface area (Å²) in [4.78, 5) is 15.2. The number of nitrogens with zero attached hydrogens (tertiary/aromatic N) is 2. The molecule has 0 radical (unpaired) electrons. The summed E-state index contributed by atoms with van der Waals surface area (Å²) in [6.45, 7) is 0. The molecule has 0 saturated heterocycles. The summed E-state index contributed by atoms with van der Waals surface area (Å²) in [5.74, 6) is 0. The van der Waals surface area contributed by atoms with Crippen molar-refractivity contribution in [1.82, 2.24) is 4.98 Å². The lowest BCUT2D eigenvalue weighted by atomic mass is 10.2. The summed E-state index contributed by atoms with van der Waals surface area (Å²) in [5.41, 5.74) is 0.753. The summed E-state index contributed by atoms with van der Waals surface area (Å²) in [6, 6.07) is 10.9. The van der Waals surface area contributed by atoms with Gasteiger partial charge in [-0.05, 0) is 12.1 Å². The molecule has 2 aromatic rings. The molecule has 0 amide bonds. The van der Waals surface area contributed by atoms with Gasteiger partial charge in [-0.2, -0.15) is 4.57 Å². The molecule has 1 atom stereocenters. The molecular weight excluding hydrogens is 188 g/mol. The minimum atomic E-state index is -0.340. The Morgan fingerprint density at radius 3 is 2.53 bits per heavy atom. The molecule has 0 N–H and O–H groups in total. The Bertz CT molecular complexity index is 388. The van der Waals surface area contributed by atoms with Crippen molar-refractivity contribution in [1.29, 1.82) is 0 Å². The van der Waals surface area contributed by atoms with Gasteiger partial charge in [0.05, 0.1) is 0 Å². The van der Waals surface area contributed by atoms with Crippen molar-refractivity contribution >= 4 is 6.29 Å². The minimum Gasteiger partial charge on any atom is -0.295 e. The molecule has 15 heavy (non-hydrogen) atoms. The molecule has 2 aromatic heterocycles. The molecule has 1 unspecified atom stereocenters. The molecule has 3 nitrogen and oxygen atoms in total. The zero-order chi connectivity index (χ0) is 10.5. The van der Waals surface area contributed by atoms with Crippen LogP contribution in [0.2, 0.25) is 0 Å². The first-order valence-electron chi connectivity index (χ1n) is 4.74. The monoisotopic (exact) mass is 199 g/mol. The lowest BCUT2D eigenvalue weighted by Gasteiger charge is -2.03. The fourth-order valence-electron chi connectivity index (χ4n) is 1.44. The van der Waals surface area contributed by atoms with Gasteiger partial charge in [0.25, 0.3) is 6.04 Å². The predicted octanol–water partition coefficient (Wildman–Crippen LogP) is 1.16. The van der Waals surface area contributed by atoms with Gasteiger partial charge < -0.3 is 0 Å². The number of rotatable bonds is 3. The van der Waals surface area contributed by atoms with Crippen LogP contribution in [0.3, 0.4) is 0 Å². The first-order valence-corrected chi connectivity index (χ1v) is 4.74. The average molecular weight is 199 g/mol. The Labute approximate surface area is 88.0 Å². The zero-order valence-corrected chi connectivity index (χ0v) is 8.15. The predicted molar refractivity (Wildman–Crippen MR) is 55.1 cm³/mol. The molecule has 2 rings (SSSR count). The molecule has 2 heterocycles. The van der Waals surface area contributed by atoms with E-state index in [1.165, 1.54) is 0 Å². The van der Waals surface area contributed by atoms with Crippen LogP contribution in [0.15, 0.2) is 55.0 Å². The van der Waals surface area contributed by atoms with Crippen LogP contribution in [0.25, 0.3) is 0 Å². The Kier molecular flexibility index (Phi) is 2.83. The Morgan fingerprint density at radius 1 is 1.13 bits per heavy atom. The molecule has 0 saturated carbocycles. The van der Waals surface area contributed by atoms with E-state index in [4.69, 9.17) is 0 Å². The second-order valence-electron chi connectivity index (χ2n) is 3.16. The van der Waals surface area contributed by atoms with Crippen molar-refractivity contribution in [2.75, 3.05) is 0 Å². The summed E-state index contributed by atoms with van der Waals surface area (Å²) < 4.78 is 1.83. The van der Waals surface area contributed by atoms with Gasteiger partial charge >= 0.3 is 0 Å². The number of aldehydes is 1. The van der Waals surface area contributed by atoms with Gasteiger partial charge in [0.15, 0.2) is 18.7 Å². The molecule has 0 fully saturated rings. The van der Waals surface area contributed by atoms with E-state index in [9.17, 15) is 4.79 Å². The standard InChI is InChI=1S/C12H11N2O/c15-10-12(11-6-2-3-7-13-11)14-8-4-1-5-9-14/h1-10,12H/q+1. The molecule has 3 heteroatoms. The Hall–Kier alpha value is -2.03. The second-order valence-corrected chi connectivity index (χ2v) is 3.16. The van der Waals surface area contributed by atoms with Gasteiger partial charge in [0.1, 0.15) is 5.69 Å². The van der Waals surface area contributed by atoms with Gasteiger partial charge in [-0.15, -0.1) is 0 Å². The summed E-state index contributed by atoms with van der Waals surface area (Å²) in [7, 11) is 0. The molecular formula is C12H11N2O+. The van der Waals surface area contributed by atoms with Crippen molar-refractivity contribution in [3.63, 3.8) is 0 Å². The van der Waals surface area contributed by atoms with Crippen LogP contribution in [0.1, 0.15) is 11.7 Å². The number of aromatic nitrogens is 2. The van der Waals surface area contributed by atoms with E-state index < -0.39 is 0 Å². The van der Waals surface area contributed by atoms with E-state index >= 15 is 0 Å². The van der Waals surface area contributed by atoms with Crippen LogP contribution in [0, 0.1) is 0 Å². The maximum atomic E-state index is 11.0. The molecule has 0 aromatic carbocycles. The number of carbonyl (C=O) groups excluding carboxylic acids is 1. The SMILES string of the molecule is O=CC(c1ccccn1)[n+]1ccccc1. The molecule has 0 bridgehead atoms. The van der Waals surface area contributed by atoms with E-state index in [1.54, 1.807) is 6.20 Å². The van der Waals surface area contributed by atoms with Crippen LogP contribution >= 0.6 is 0 Å². The maximum Gasteiger partial charge on any atom is 0.255 e. The highest BCUT2D eigenvalue weighted by Crippen LogP contribution is 2.05. The lowest BCUT2D eigenvalue weighted by Crippen LogP contribution is -2.40. The molecule has 0 aliphatic heterocycles. The minimum absolute atomic E-state index is 0.340. The van der Waals surface area contributed by atoms with Crippen molar-refractivity contribution < 1.29 is 9.36 Å². The number of hydrogen-bond donors (Lipinski definition) is 0. The van der Waals surface area contributed by atoms with E-state index in [2.05, 4.69) is 4.98 Å². The fraction of sp³-hybridized carbons (Fsp3) is 0.0833. The van der Waals surface area contributed by atoms with Crippen LogP contribution in [0.5, 0.6) is 0 Å². The number of carbonyl (C=O) groups is 1. The van der Waals surface area contributed by atoms with E-state index in [0.29, 0.717) is 0 Å². The third-order valence-electron chi connectivity index (χ3n) is 2.18. The lowest BCUT2D eigenvalue weighted by molar-refractivity contribution is -0.699. The van der Waals surface area contributed by atoms with Gasteiger partial charge in [0.2, 0.25) is 0 Å². The van der Waals surface area contributed by atoms with Gasteiger partial charge in [-0.1, -0.05) is 12.1 Å². The summed E-state index contributed by atoms with van der Waals surface area (Å²) >= 11 is 0. The van der Waals surface area contributed by atoms with Gasteiger partial charge in [-0.25, -0.2) is 0 Å². The Morgan fingerprint density at radius 2 is 1.93 bits per heavy atom. The zero-order valence-electron chi connectivity index (χ0n) is 8.15. The molecule has 0 aliphatic carbocycles. The first-order chi connectivity index (χ1) is 7.42. The van der Waals surface area contributed by atoms with Crippen molar-refractivity contribution in [2.24, 2.45) is 0 Å². The highest BCUT2D eigenvalue weighted by molar-refractivity contribution is 5.57. The van der Waals surface area contributed by atoms with Crippen LogP contribution in [0.4, 0.5) is 0 Å². The van der Waals surface area contributed by atoms with E-state index in [1.807, 2.05) is 53.4 Å². The van der Waals surface area contributed by atoms with Gasteiger partial charge in [-0.3, -0.25) is 9.78 Å². The molecule has 74 valence electrons. The summed E-state index contributed by atoms with van der Waals surface area (Å²) in [6.07, 6.45) is 6.29. The van der Waals surface area contributed by atoms with Crippen LogP contribution in [-0.2, 0) is 4.79 Å². The molecule has 0 spiro atoms. The normalized spacial score (nSPS) is 12.0. The topological polar surface area (TPSA) is 33.8 Å². The van der Waals surface area contributed by atoms with Crippen molar-refractivity contribution in [2.45, 2.75) is 6.04 Å². The Balaban J connectivity index is 2.38. The largest absolute Gasteiger partial charge is 0.295 e. The van der Waals surface area contributed by atoms with E-state index in [-0.39, 0.29) is 6.04 Å². The highest BCUT2D eigenvalue weighted by Gasteiger charge is 2.19. The maximum absolute atomic E-state index is 11.0. The third-order valence-corrected chi connectivity index (χ3v) is 2.18. The van der Waals surface area contributed by atoms with E-state index in [0.717, 1.165) is 12.0 Å². The van der Waals surface area contributed by atoms with Crippen molar-refractivity contribution in [3.05, 3.63) is 60.7 Å². The second kappa shape index (κ2) is 4.46. The summed E-state index contributed by atoms with van der Waals surface area (Å²) in [5, 5.41) is 0. The number of hydrogen-bond acceptors (Lipinski definition) is 2. The highest BCUT2D eigenvalue weighted by atomic mass is 16.1. The van der Waals surface area contributed by atoms with Gasteiger partial charge in [0, 0.05) is 18.3 Å². The average Bonchev–Trinajstić information content (AvgIpc) is 2.33. The van der Waals surface area contributed by atoms with Crippen LogP contribution in [-0.4, -0.2) is 11.3 Å². The van der Waals surface area contributed by atoms with Crippen LogP contribution < -0.4 is 4.57 Å². The first kappa shape index (κ1) is 9.52. The number of pyridine rings is 2. The third kappa shape index (κ3) is 2.07. The van der Waals surface area contributed by atoms with Crippen molar-refractivity contribution in [3.8, 4) is 0 Å².